The number of rotatable bonds is 4. The maximum Gasteiger partial charge on any atom is 0.251 e. The molecule has 2 aromatic carbocycles. The molecule has 4 nitrogen and oxygen atoms in total. The van der Waals surface area contributed by atoms with Gasteiger partial charge in [0.25, 0.3) is 5.91 Å². The van der Waals surface area contributed by atoms with Gasteiger partial charge in [-0.25, -0.2) is 0 Å². The van der Waals surface area contributed by atoms with Gasteiger partial charge in [0.05, 0.1) is 6.54 Å². The maximum absolute atomic E-state index is 12.5. The molecule has 1 N–H and O–H groups in total. The van der Waals surface area contributed by atoms with Crippen molar-refractivity contribution in [2.45, 2.75) is 11.7 Å². The van der Waals surface area contributed by atoms with Crippen LogP contribution in [-0.4, -0.2) is 42.1 Å². The molecule has 1 aliphatic heterocycles. The van der Waals surface area contributed by atoms with Gasteiger partial charge in [0.1, 0.15) is 0 Å². The number of thioether (sulfide) groups is 1. The molecule has 0 unspecified atom stereocenters. The molecule has 0 radical (unpaired) electrons. The van der Waals surface area contributed by atoms with Crippen LogP contribution >= 0.6 is 23.4 Å². The molecule has 136 valence electrons. The summed E-state index contributed by atoms with van der Waals surface area (Å²) in [7, 11) is 0. The fourth-order valence-electron chi connectivity index (χ4n) is 2.96. The van der Waals surface area contributed by atoms with Crippen LogP contribution in [0.5, 0.6) is 0 Å². The Morgan fingerprint density at radius 3 is 2.58 bits per heavy atom. The Bertz CT molecular complexity index is 769. The van der Waals surface area contributed by atoms with Gasteiger partial charge >= 0.3 is 0 Å². The van der Waals surface area contributed by atoms with Gasteiger partial charge in [-0.3, -0.25) is 9.59 Å². The third-order valence-electron chi connectivity index (χ3n) is 4.38. The normalized spacial score (nSPS) is 17.4. The smallest absolute Gasteiger partial charge is 0.251 e. The molecule has 26 heavy (non-hydrogen) atoms. The number of nitrogens with one attached hydrogen (secondary N) is 1. The van der Waals surface area contributed by atoms with Crippen molar-refractivity contribution < 1.29 is 9.59 Å². The minimum atomic E-state index is -0.225. The van der Waals surface area contributed by atoms with Crippen molar-refractivity contribution in [2.24, 2.45) is 0 Å². The lowest BCUT2D eigenvalue weighted by molar-refractivity contribution is -0.129. The van der Waals surface area contributed by atoms with E-state index in [1.54, 1.807) is 24.3 Å². The Labute approximate surface area is 162 Å². The molecule has 0 spiro atoms. The molecule has 1 aliphatic rings. The molecule has 0 aromatic heterocycles. The molecular formula is C20H21ClN2O2S. The molecule has 1 atom stereocenters. The summed E-state index contributed by atoms with van der Waals surface area (Å²) in [5.74, 6) is 0.584. The molecule has 1 fully saturated rings. The number of benzene rings is 2. The second-order valence-electron chi connectivity index (χ2n) is 6.10. The molecule has 0 bridgehead atoms. The summed E-state index contributed by atoms with van der Waals surface area (Å²) in [4.78, 5) is 26.4. The van der Waals surface area contributed by atoms with E-state index in [1.165, 1.54) is 0 Å². The molecule has 6 heteroatoms. The summed E-state index contributed by atoms with van der Waals surface area (Å²) >= 11 is 8.14. The van der Waals surface area contributed by atoms with Crippen molar-refractivity contribution in [3.8, 4) is 0 Å². The van der Waals surface area contributed by atoms with Gasteiger partial charge in [0.2, 0.25) is 5.91 Å². The lowest BCUT2D eigenvalue weighted by Gasteiger charge is -2.20. The molecule has 1 heterocycles. The van der Waals surface area contributed by atoms with Crippen molar-refractivity contribution in [1.82, 2.24) is 10.2 Å². The lowest BCUT2D eigenvalue weighted by Crippen LogP contribution is -2.41. The van der Waals surface area contributed by atoms with Crippen LogP contribution < -0.4 is 5.32 Å². The summed E-state index contributed by atoms with van der Waals surface area (Å²) in [5.41, 5.74) is 1.69. The number of hydrogen-bond acceptors (Lipinski definition) is 3. The molecule has 0 aliphatic carbocycles. The lowest BCUT2D eigenvalue weighted by atomic mass is 10.1. The monoisotopic (exact) mass is 388 g/mol. The van der Waals surface area contributed by atoms with Crippen LogP contribution in [0.4, 0.5) is 0 Å². The Balaban J connectivity index is 1.53. The third-order valence-corrected chi connectivity index (χ3v) is 6.04. The predicted molar refractivity (Wildman–Crippen MR) is 107 cm³/mol. The fraction of sp³-hybridized carbons (Fsp3) is 0.300. The van der Waals surface area contributed by atoms with Crippen LogP contribution in [0.3, 0.4) is 0 Å². The quantitative estimate of drug-likeness (QED) is 0.867. The summed E-state index contributed by atoms with van der Waals surface area (Å²) < 4.78 is 0. The van der Waals surface area contributed by atoms with Crippen LogP contribution in [-0.2, 0) is 4.79 Å². The van der Waals surface area contributed by atoms with Gasteiger partial charge in [-0.05, 0) is 30.2 Å². The third kappa shape index (κ3) is 4.80. The van der Waals surface area contributed by atoms with Crippen LogP contribution in [0.2, 0.25) is 5.02 Å². The second kappa shape index (κ2) is 9.10. The zero-order valence-corrected chi connectivity index (χ0v) is 15.9. The van der Waals surface area contributed by atoms with E-state index in [1.807, 2.05) is 40.9 Å². The molecule has 2 aromatic rings. The Morgan fingerprint density at radius 2 is 1.81 bits per heavy atom. The first kappa shape index (κ1) is 18.8. The number of halogens is 1. The van der Waals surface area contributed by atoms with E-state index in [2.05, 4.69) is 11.4 Å². The summed E-state index contributed by atoms with van der Waals surface area (Å²) in [5, 5.41) is 3.78. The zero-order valence-electron chi connectivity index (χ0n) is 14.4. The highest BCUT2D eigenvalue weighted by Crippen LogP contribution is 2.37. The second-order valence-corrected chi connectivity index (χ2v) is 7.82. The van der Waals surface area contributed by atoms with Gasteiger partial charge in [0, 0.05) is 34.7 Å². The highest BCUT2D eigenvalue weighted by Gasteiger charge is 2.23. The average molecular weight is 389 g/mol. The first-order chi connectivity index (χ1) is 12.6. The number of carbonyl (C=O) groups excluding carboxylic acids is 2. The minimum absolute atomic E-state index is 0.0230. The highest BCUT2D eigenvalue weighted by molar-refractivity contribution is 7.99. The van der Waals surface area contributed by atoms with Crippen molar-refractivity contribution in [3.63, 3.8) is 0 Å². The molecular weight excluding hydrogens is 368 g/mol. The Morgan fingerprint density at radius 1 is 1.08 bits per heavy atom. The average Bonchev–Trinajstić information content (AvgIpc) is 2.93. The number of hydrogen-bond donors (Lipinski definition) is 1. The van der Waals surface area contributed by atoms with Crippen molar-refractivity contribution in [3.05, 3.63) is 70.7 Å². The van der Waals surface area contributed by atoms with E-state index in [9.17, 15) is 9.59 Å². The van der Waals surface area contributed by atoms with Gasteiger partial charge in [-0.1, -0.05) is 48.0 Å². The number of amides is 2. The Kier molecular flexibility index (Phi) is 6.58. The summed E-state index contributed by atoms with van der Waals surface area (Å²) in [6, 6.07) is 16.8. The van der Waals surface area contributed by atoms with E-state index in [0.29, 0.717) is 23.9 Å². The van der Waals surface area contributed by atoms with E-state index in [-0.39, 0.29) is 18.4 Å². The molecule has 2 amide bonds. The molecule has 0 saturated carbocycles. The first-order valence-electron chi connectivity index (χ1n) is 8.62. The molecule has 3 rings (SSSR count). The van der Waals surface area contributed by atoms with Crippen LogP contribution in [0, 0.1) is 0 Å². The Hall–Kier alpha value is -1.98. The van der Waals surface area contributed by atoms with E-state index >= 15 is 0 Å². The topological polar surface area (TPSA) is 49.4 Å². The van der Waals surface area contributed by atoms with E-state index in [0.717, 1.165) is 22.8 Å². The minimum Gasteiger partial charge on any atom is -0.343 e. The first-order valence-corrected chi connectivity index (χ1v) is 10.0. The fourth-order valence-corrected chi connectivity index (χ4v) is 4.56. The number of carbonyl (C=O) groups is 2. The predicted octanol–water partition coefficient (Wildman–Crippen LogP) is 3.78. The maximum atomic E-state index is 12.5. The summed E-state index contributed by atoms with van der Waals surface area (Å²) in [6.07, 6.45) is 0.854. The van der Waals surface area contributed by atoms with E-state index < -0.39 is 0 Å². The van der Waals surface area contributed by atoms with Crippen molar-refractivity contribution in [2.75, 3.05) is 25.4 Å². The summed E-state index contributed by atoms with van der Waals surface area (Å²) in [6.45, 7) is 1.38. The standard InChI is InChI=1S/C20H21ClN2O2S/c21-17-9-5-4-8-16(17)18-10-11-23(12-13-26-18)19(24)14-22-20(25)15-6-2-1-3-7-15/h1-9,18H,10-14H2,(H,22,25)/t18-/m0/s1. The largest absolute Gasteiger partial charge is 0.343 e. The number of nitrogens with zero attached hydrogens (tertiary/aromatic N) is 1. The highest BCUT2D eigenvalue weighted by atomic mass is 35.5. The van der Waals surface area contributed by atoms with Gasteiger partial charge in [0.15, 0.2) is 0 Å². The van der Waals surface area contributed by atoms with Gasteiger partial charge in [-0.15, -0.1) is 0 Å². The van der Waals surface area contributed by atoms with Crippen molar-refractivity contribution >= 4 is 35.2 Å². The van der Waals surface area contributed by atoms with Crippen LogP contribution in [0.25, 0.3) is 0 Å². The van der Waals surface area contributed by atoms with Gasteiger partial charge in [-0.2, -0.15) is 11.8 Å². The SMILES string of the molecule is O=C(NCC(=O)N1CCS[C@H](c2ccccc2Cl)CC1)c1ccccc1. The van der Waals surface area contributed by atoms with Gasteiger partial charge < -0.3 is 10.2 Å². The van der Waals surface area contributed by atoms with Crippen molar-refractivity contribution in [1.29, 1.82) is 0 Å². The van der Waals surface area contributed by atoms with Crippen LogP contribution in [0.1, 0.15) is 27.6 Å². The van der Waals surface area contributed by atoms with E-state index in [4.69, 9.17) is 11.6 Å². The zero-order chi connectivity index (χ0) is 18.4. The molecule has 1 saturated heterocycles. The van der Waals surface area contributed by atoms with Crippen LogP contribution in [0.15, 0.2) is 54.6 Å².